The van der Waals surface area contributed by atoms with Crippen LogP contribution in [0.2, 0.25) is 0 Å². The Hall–Kier alpha value is -3.96. The summed E-state index contributed by atoms with van der Waals surface area (Å²) in [6.45, 7) is 0.0669. The van der Waals surface area contributed by atoms with Crippen molar-refractivity contribution < 1.29 is 54.1 Å². The molecular weight excluding hydrogens is 488 g/mol. The first kappa shape index (κ1) is 26.1. The number of hydrogen-bond acceptors (Lipinski definition) is 11. The van der Waals surface area contributed by atoms with E-state index in [9.17, 15) is 35.1 Å². The van der Waals surface area contributed by atoms with Crippen LogP contribution in [0.5, 0.6) is 23.0 Å². The SMILES string of the molecule is O=C(C[C@@H]1C(C(=O)OCCc2ccc(O)c(O)c2)=CO[C@@H]2CO[C@@H](O)[C@@H]12)OCCc1ccc(O)c(O)c1. The molecule has 2 aromatic carbocycles. The van der Waals surface area contributed by atoms with Crippen LogP contribution in [0, 0.1) is 11.8 Å². The average Bonchev–Trinajstić information content (AvgIpc) is 3.24. The normalized spacial score (nSPS) is 22.5. The van der Waals surface area contributed by atoms with Gasteiger partial charge in [-0.25, -0.2) is 4.79 Å². The molecule has 0 radical (unpaired) electrons. The molecule has 5 N–H and O–H groups in total. The molecule has 37 heavy (non-hydrogen) atoms. The highest BCUT2D eigenvalue weighted by Crippen LogP contribution is 2.40. The highest BCUT2D eigenvalue weighted by Gasteiger charge is 2.49. The van der Waals surface area contributed by atoms with Crippen LogP contribution in [0.3, 0.4) is 0 Å². The molecule has 2 heterocycles. The Bertz CT molecular complexity index is 1180. The number of esters is 2. The molecule has 2 aliphatic rings. The molecule has 0 aromatic heterocycles. The van der Waals surface area contributed by atoms with E-state index in [-0.39, 0.29) is 61.2 Å². The first-order chi connectivity index (χ1) is 17.7. The van der Waals surface area contributed by atoms with E-state index in [1.54, 1.807) is 12.1 Å². The number of carbonyl (C=O) groups excluding carboxylic acids is 2. The Morgan fingerprint density at radius 2 is 1.46 bits per heavy atom. The summed E-state index contributed by atoms with van der Waals surface area (Å²) in [6, 6.07) is 8.58. The van der Waals surface area contributed by atoms with Crippen molar-refractivity contribution in [2.75, 3.05) is 19.8 Å². The Labute approximate surface area is 212 Å². The molecule has 0 amide bonds. The number of rotatable bonds is 9. The second-order valence-corrected chi connectivity index (χ2v) is 8.86. The van der Waals surface area contributed by atoms with Gasteiger partial charge in [-0.3, -0.25) is 4.79 Å². The van der Waals surface area contributed by atoms with E-state index in [2.05, 4.69) is 0 Å². The molecule has 0 aliphatic carbocycles. The van der Waals surface area contributed by atoms with Crippen molar-refractivity contribution in [2.45, 2.75) is 31.7 Å². The summed E-state index contributed by atoms with van der Waals surface area (Å²) >= 11 is 0. The van der Waals surface area contributed by atoms with Gasteiger partial charge >= 0.3 is 11.9 Å². The monoisotopic (exact) mass is 516 g/mol. The van der Waals surface area contributed by atoms with Crippen molar-refractivity contribution in [3.63, 3.8) is 0 Å². The second kappa shape index (κ2) is 11.4. The molecule has 0 spiro atoms. The predicted octanol–water partition coefficient (Wildman–Crippen LogP) is 1.63. The molecule has 4 rings (SSSR count). The van der Waals surface area contributed by atoms with Crippen LogP contribution in [0.4, 0.5) is 0 Å². The molecule has 11 nitrogen and oxygen atoms in total. The Balaban J connectivity index is 1.36. The highest BCUT2D eigenvalue weighted by atomic mass is 16.6. The maximum Gasteiger partial charge on any atom is 0.337 e. The maximum atomic E-state index is 12.9. The summed E-state index contributed by atoms with van der Waals surface area (Å²) in [6.07, 6.45) is -0.204. The molecular formula is C26H28O11. The fraction of sp³-hybridized carbons (Fsp3) is 0.385. The number of aliphatic hydroxyl groups excluding tert-OH is 1. The van der Waals surface area contributed by atoms with Crippen molar-refractivity contribution in [2.24, 2.45) is 11.8 Å². The number of carbonyl (C=O) groups is 2. The van der Waals surface area contributed by atoms with Gasteiger partial charge in [-0.15, -0.1) is 0 Å². The molecule has 1 saturated heterocycles. The molecule has 11 heteroatoms. The molecule has 1 fully saturated rings. The van der Waals surface area contributed by atoms with Crippen molar-refractivity contribution in [1.82, 2.24) is 0 Å². The number of aliphatic hydroxyl groups is 1. The van der Waals surface area contributed by atoms with Gasteiger partial charge in [-0.05, 0) is 35.4 Å². The van der Waals surface area contributed by atoms with Gasteiger partial charge < -0.3 is 44.5 Å². The van der Waals surface area contributed by atoms with E-state index < -0.39 is 36.2 Å². The summed E-state index contributed by atoms with van der Waals surface area (Å²) in [7, 11) is 0. The van der Waals surface area contributed by atoms with E-state index in [1.165, 1.54) is 30.5 Å². The van der Waals surface area contributed by atoms with Crippen LogP contribution in [0.15, 0.2) is 48.2 Å². The van der Waals surface area contributed by atoms with Gasteiger partial charge in [0.1, 0.15) is 6.10 Å². The summed E-state index contributed by atoms with van der Waals surface area (Å²) in [5.41, 5.74) is 1.36. The third-order valence-electron chi connectivity index (χ3n) is 6.40. The van der Waals surface area contributed by atoms with Gasteiger partial charge in [0.2, 0.25) is 0 Å². The highest BCUT2D eigenvalue weighted by molar-refractivity contribution is 5.90. The first-order valence-corrected chi connectivity index (χ1v) is 11.7. The number of benzene rings is 2. The summed E-state index contributed by atoms with van der Waals surface area (Å²) in [5, 5.41) is 48.3. The minimum absolute atomic E-state index is 0.00237. The first-order valence-electron chi connectivity index (χ1n) is 11.7. The van der Waals surface area contributed by atoms with Crippen molar-refractivity contribution >= 4 is 11.9 Å². The van der Waals surface area contributed by atoms with Gasteiger partial charge in [0.25, 0.3) is 0 Å². The van der Waals surface area contributed by atoms with Crippen molar-refractivity contribution in [1.29, 1.82) is 0 Å². The van der Waals surface area contributed by atoms with E-state index in [1.807, 2.05) is 0 Å². The van der Waals surface area contributed by atoms with Crippen LogP contribution >= 0.6 is 0 Å². The lowest BCUT2D eigenvalue weighted by Crippen LogP contribution is -2.40. The second-order valence-electron chi connectivity index (χ2n) is 8.86. The Morgan fingerprint density at radius 1 is 0.865 bits per heavy atom. The number of ether oxygens (including phenoxy) is 4. The molecule has 0 unspecified atom stereocenters. The molecule has 0 saturated carbocycles. The molecule has 4 atom stereocenters. The van der Waals surface area contributed by atoms with Crippen molar-refractivity contribution in [3.05, 3.63) is 59.4 Å². The quantitative estimate of drug-likeness (QED) is 0.242. The molecule has 198 valence electrons. The average molecular weight is 516 g/mol. The topological polar surface area (TPSA) is 172 Å². The number of phenolic OH excluding ortho intramolecular Hbond substituents is 4. The lowest BCUT2D eigenvalue weighted by atomic mass is 9.79. The Kier molecular flexibility index (Phi) is 8.04. The summed E-state index contributed by atoms with van der Waals surface area (Å²) < 4.78 is 21.5. The minimum Gasteiger partial charge on any atom is -0.504 e. The molecule has 2 aliphatic heterocycles. The third-order valence-corrected chi connectivity index (χ3v) is 6.40. The largest absolute Gasteiger partial charge is 0.504 e. The summed E-state index contributed by atoms with van der Waals surface area (Å²) in [5.74, 6) is -3.84. The molecule has 2 aromatic rings. The van der Waals surface area contributed by atoms with E-state index >= 15 is 0 Å². The number of fused-ring (bicyclic) bond motifs is 1. The van der Waals surface area contributed by atoms with Gasteiger partial charge in [-0.1, -0.05) is 12.1 Å². The van der Waals surface area contributed by atoms with Gasteiger partial charge in [0, 0.05) is 18.8 Å². The Morgan fingerprint density at radius 3 is 2.05 bits per heavy atom. The van der Waals surface area contributed by atoms with Crippen LogP contribution < -0.4 is 0 Å². The van der Waals surface area contributed by atoms with Crippen LogP contribution in [-0.2, 0) is 41.4 Å². The lowest BCUT2D eigenvalue weighted by Gasteiger charge is -2.33. The number of aromatic hydroxyl groups is 4. The zero-order chi connectivity index (χ0) is 26.5. The van der Waals surface area contributed by atoms with Gasteiger partial charge in [-0.2, -0.15) is 0 Å². The third kappa shape index (κ3) is 6.25. The smallest absolute Gasteiger partial charge is 0.337 e. The fourth-order valence-electron chi connectivity index (χ4n) is 4.40. The van der Waals surface area contributed by atoms with E-state index in [4.69, 9.17) is 18.9 Å². The minimum atomic E-state index is -1.24. The van der Waals surface area contributed by atoms with Gasteiger partial charge in [0.15, 0.2) is 29.3 Å². The van der Waals surface area contributed by atoms with Crippen LogP contribution in [0.1, 0.15) is 17.5 Å². The number of hydrogen-bond donors (Lipinski definition) is 5. The number of phenols is 4. The summed E-state index contributed by atoms with van der Waals surface area (Å²) in [4.78, 5) is 25.5. The van der Waals surface area contributed by atoms with Crippen LogP contribution in [-0.4, -0.2) is 69.7 Å². The van der Waals surface area contributed by atoms with Gasteiger partial charge in [0.05, 0.1) is 44.0 Å². The standard InChI is InChI=1S/C26H28O11/c27-18-3-1-14(9-20(18)29)5-7-34-23(31)11-16-17(12-36-22-13-37-26(33)24(16)22)25(32)35-8-6-15-2-4-19(28)21(30)10-15/h1-4,9-10,12,16,22,24,26-30,33H,5-8,11,13H2/t16-,22-,24+,26-/m1/s1. The molecule has 0 bridgehead atoms. The maximum absolute atomic E-state index is 12.9. The zero-order valence-electron chi connectivity index (χ0n) is 19.8. The van der Waals surface area contributed by atoms with Crippen molar-refractivity contribution in [3.8, 4) is 23.0 Å². The van der Waals surface area contributed by atoms with E-state index in [0.29, 0.717) is 17.5 Å². The predicted molar refractivity (Wildman–Crippen MR) is 125 cm³/mol. The lowest BCUT2D eigenvalue weighted by molar-refractivity contribution is -0.148. The van der Waals surface area contributed by atoms with Crippen LogP contribution in [0.25, 0.3) is 0 Å². The van der Waals surface area contributed by atoms with E-state index in [0.717, 1.165) is 0 Å². The zero-order valence-corrected chi connectivity index (χ0v) is 19.8. The fourth-order valence-corrected chi connectivity index (χ4v) is 4.40.